The van der Waals surface area contributed by atoms with E-state index in [2.05, 4.69) is 16.8 Å². The van der Waals surface area contributed by atoms with Crippen LogP contribution >= 0.6 is 12.4 Å². The van der Waals surface area contributed by atoms with E-state index in [-0.39, 0.29) is 18.3 Å². The number of carbonyl (C=O) groups excluding carboxylic acids is 1. The van der Waals surface area contributed by atoms with Gasteiger partial charge in [0.05, 0.1) is 5.56 Å². The highest BCUT2D eigenvalue weighted by Gasteiger charge is 2.14. The summed E-state index contributed by atoms with van der Waals surface area (Å²) < 4.78 is 2.15. The number of nitrogens with one attached hydrogen (secondary N) is 1. The molecule has 4 nitrogen and oxygen atoms in total. The van der Waals surface area contributed by atoms with Crippen molar-refractivity contribution in [1.29, 1.82) is 0 Å². The SMILES string of the molecule is CCn1c(C)cc(C(=O)NCCc2ccc(N)cc2)c1C.Cl. The molecule has 22 heavy (non-hydrogen) atoms. The first-order valence-electron chi connectivity index (χ1n) is 7.32. The van der Waals surface area contributed by atoms with Gasteiger partial charge in [0.15, 0.2) is 0 Å². The predicted molar refractivity (Wildman–Crippen MR) is 93.7 cm³/mol. The Kier molecular flexibility index (Phi) is 6.50. The summed E-state index contributed by atoms with van der Waals surface area (Å²) in [6.07, 6.45) is 0.804. The molecule has 120 valence electrons. The average Bonchev–Trinajstić information content (AvgIpc) is 2.75. The zero-order valence-corrected chi connectivity index (χ0v) is 14.2. The highest BCUT2D eigenvalue weighted by molar-refractivity contribution is 5.95. The summed E-state index contributed by atoms with van der Waals surface area (Å²) in [6, 6.07) is 9.70. The Morgan fingerprint density at radius 2 is 1.86 bits per heavy atom. The van der Waals surface area contributed by atoms with Crippen LogP contribution in [0.2, 0.25) is 0 Å². The van der Waals surface area contributed by atoms with Gasteiger partial charge in [-0.15, -0.1) is 12.4 Å². The second-order valence-electron chi connectivity index (χ2n) is 5.28. The van der Waals surface area contributed by atoms with Crippen molar-refractivity contribution in [2.45, 2.75) is 33.7 Å². The third-order valence-corrected chi connectivity index (χ3v) is 3.81. The molecule has 0 aliphatic heterocycles. The van der Waals surface area contributed by atoms with Crippen molar-refractivity contribution in [1.82, 2.24) is 9.88 Å². The molecule has 0 fully saturated rings. The van der Waals surface area contributed by atoms with Gasteiger partial charge in [0, 0.05) is 30.2 Å². The van der Waals surface area contributed by atoms with Gasteiger partial charge in [0.1, 0.15) is 0 Å². The van der Waals surface area contributed by atoms with E-state index < -0.39 is 0 Å². The van der Waals surface area contributed by atoms with Crippen LogP contribution in [0.3, 0.4) is 0 Å². The number of nitrogen functional groups attached to an aromatic ring is 1. The van der Waals surface area contributed by atoms with E-state index in [1.165, 1.54) is 5.56 Å². The average molecular weight is 322 g/mol. The minimum atomic E-state index is -0.00162. The highest BCUT2D eigenvalue weighted by atomic mass is 35.5. The molecule has 2 aromatic rings. The first-order valence-corrected chi connectivity index (χ1v) is 7.32. The summed E-state index contributed by atoms with van der Waals surface area (Å²) >= 11 is 0. The number of hydrogen-bond donors (Lipinski definition) is 2. The largest absolute Gasteiger partial charge is 0.399 e. The summed E-state index contributed by atoms with van der Waals surface area (Å²) in [5.41, 5.74) is 10.5. The van der Waals surface area contributed by atoms with E-state index in [1.807, 2.05) is 44.2 Å². The Bertz CT molecular complexity index is 632. The first kappa shape index (κ1) is 18.1. The maximum Gasteiger partial charge on any atom is 0.253 e. The molecule has 5 heteroatoms. The molecule has 1 heterocycles. The molecular weight excluding hydrogens is 298 g/mol. The van der Waals surface area contributed by atoms with Gasteiger partial charge in [-0.2, -0.15) is 0 Å². The number of nitrogens with two attached hydrogens (primary N) is 1. The number of rotatable bonds is 5. The van der Waals surface area contributed by atoms with Gasteiger partial charge in [0.2, 0.25) is 0 Å². The van der Waals surface area contributed by atoms with Gasteiger partial charge in [-0.1, -0.05) is 12.1 Å². The van der Waals surface area contributed by atoms with Crippen LogP contribution in [-0.2, 0) is 13.0 Å². The van der Waals surface area contributed by atoms with Crippen LogP contribution in [0.1, 0.15) is 34.2 Å². The van der Waals surface area contributed by atoms with E-state index in [0.29, 0.717) is 6.54 Å². The van der Waals surface area contributed by atoms with E-state index in [4.69, 9.17) is 5.73 Å². The third-order valence-electron chi connectivity index (χ3n) is 3.81. The number of anilines is 1. The number of halogens is 1. The summed E-state index contributed by atoms with van der Waals surface area (Å²) in [5, 5.41) is 2.98. The molecule has 0 saturated carbocycles. The Hall–Kier alpha value is -1.94. The van der Waals surface area contributed by atoms with E-state index in [9.17, 15) is 4.79 Å². The Balaban J connectivity index is 0.00000242. The summed E-state index contributed by atoms with van der Waals surface area (Å²) in [4.78, 5) is 12.2. The van der Waals surface area contributed by atoms with E-state index in [1.54, 1.807) is 0 Å². The number of carbonyl (C=O) groups is 1. The topological polar surface area (TPSA) is 60.0 Å². The van der Waals surface area contributed by atoms with Crippen LogP contribution in [0.4, 0.5) is 5.69 Å². The van der Waals surface area contributed by atoms with Gasteiger partial charge in [-0.05, 0) is 51.0 Å². The lowest BCUT2D eigenvalue weighted by Crippen LogP contribution is -2.26. The molecule has 1 aromatic heterocycles. The van der Waals surface area contributed by atoms with Crippen LogP contribution in [-0.4, -0.2) is 17.0 Å². The lowest BCUT2D eigenvalue weighted by Gasteiger charge is -2.07. The minimum Gasteiger partial charge on any atom is -0.399 e. The maximum atomic E-state index is 12.2. The number of benzene rings is 1. The van der Waals surface area contributed by atoms with Crippen LogP contribution in [0.15, 0.2) is 30.3 Å². The molecule has 1 amide bonds. The predicted octanol–water partition coefficient (Wildman–Crippen LogP) is 3.10. The third kappa shape index (κ3) is 4.04. The van der Waals surface area contributed by atoms with Crippen molar-refractivity contribution in [2.75, 3.05) is 12.3 Å². The number of aromatic nitrogens is 1. The number of nitrogens with zero attached hydrogens (tertiary/aromatic N) is 1. The van der Waals surface area contributed by atoms with Crippen molar-refractivity contribution in [2.24, 2.45) is 0 Å². The quantitative estimate of drug-likeness (QED) is 0.831. The molecule has 0 unspecified atom stereocenters. The van der Waals surface area contributed by atoms with E-state index >= 15 is 0 Å². The van der Waals surface area contributed by atoms with E-state index in [0.717, 1.165) is 35.6 Å². The molecule has 0 spiro atoms. The normalized spacial score (nSPS) is 10.1. The van der Waals surface area contributed by atoms with Crippen molar-refractivity contribution in [3.05, 3.63) is 52.8 Å². The van der Waals surface area contributed by atoms with Crippen molar-refractivity contribution < 1.29 is 4.79 Å². The molecule has 0 radical (unpaired) electrons. The van der Waals surface area contributed by atoms with Gasteiger partial charge >= 0.3 is 0 Å². The number of hydrogen-bond acceptors (Lipinski definition) is 2. The van der Waals surface area contributed by atoms with Crippen LogP contribution < -0.4 is 11.1 Å². The molecule has 0 aliphatic carbocycles. The summed E-state index contributed by atoms with van der Waals surface area (Å²) in [7, 11) is 0. The van der Waals surface area contributed by atoms with Crippen LogP contribution in [0, 0.1) is 13.8 Å². The van der Waals surface area contributed by atoms with Gasteiger partial charge in [0.25, 0.3) is 5.91 Å². The molecule has 1 aromatic carbocycles. The fourth-order valence-corrected chi connectivity index (χ4v) is 2.62. The molecule has 2 rings (SSSR count). The molecule has 0 atom stereocenters. The molecule has 0 saturated heterocycles. The van der Waals surface area contributed by atoms with Crippen LogP contribution in [0.25, 0.3) is 0 Å². The lowest BCUT2D eigenvalue weighted by atomic mass is 10.1. The Morgan fingerprint density at radius 1 is 1.23 bits per heavy atom. The standard InChI is InChI=1S/C17H23N3O.ClH/c1-4-20-12(2)11-16(13(20)3)17(21)19-10-9-14-5-7-15(18)8-6-14;/h5-8,11H,4,9-10,18H2,1-3H3,(H,19,21);1H. The fraction of sp³-hybridized carbons (Fsp3) is 0.353. The van der Waals surface area contributed by atoms with Crippen molar-refractivity contribution >= 4 is 24.0 Å². The highest BCUT2D eigenvalue weighted by Crippen LogP contribution is 2.14. The molecule has 0 aliphatic rings. The zero-order chi connectivity index (χ0) is 15.4. The second kappa shape index (κ2) is 7.90. The minimum absolute atomic E-state index is 0. The van der Waals surface area contributed by atoms with Gasteiger partial charge < -0.3 is 15.6 Å². The molecule has 0 bridgehead atoms. The van der Waals surface area contributed by atoms with Crippen LogP contribution in [0.5, 0.6) is 0 Å². The van der Waals surface area contributed by atoms with Crippen molar-refractivity contribution in [3.8, 4) is 0 Å². The fourth-order valence-electron chi connectivity index (χ4n) is 2.62. The second-order valence-corrected chi connectivity index (χ2v) is 5.28. The molecule has 3 N–H and O–H groups in total. The Labute approximate surface area is 138 Å². The first-order chi connectivity index (χ1) is 10.0. The summed E-state index contributed by atoms with van der Waals surface area (Å²) in [6.45, 7) is 7.62. The smallest absolute Gasteiger partial charge is 0.253 e. The Morgan fingerprint density at radius 3 is 2.41 bits per heavy atom. The molecular formula is C17H24ClN3O. The number of aryl methyl sites for hydroxylation is 1. The van der Waals surface area contributed by atoms with Gasteiger partial charge in [-0.25, -0.2) is 0 Å². The zero-order valence-electron chi connectivity index (χ0n) is 13.3. The van der Waals surface area contributed by atoms with Gasteiger partial charge in [-0.3, -0.25) is 4.79 Å². The maximum absolute atomic E-state index is 12.2. The van der Waals surface area contributed by atoms with Crippen molar-refractivity contribution in [3.63, 3.8) is 0 Å². The monoisotopic (exact) mass is 321 g/mol. The summed E-state index contributed by atoms with van der Waals surface area (Å²) in [5.74, 6) is -0.00162. The lowest BCUT2D eigenvalue weighted by molar-refractivity contribution is 0.0953. The number of amides is 1.